The molecular weight excluding hydrogens is 412 g/mol. The number of anilines is 1. The van der Waals surface area contributed by atoms with E-state index in [1.165, 1.54) is 6.42 Å². The minimum atomic E-state index is -0.561. The number of nitrogens with one attached hydrogen (secondary N) is 1. The monoisotopic (exact) mass is 430 g/mol. The highest BCUT2D eigenvalue weighted by Gasteiger charge is 2.26. The van der Waals surface area contributed by atoms with Crippen LogP contribution in [0.25, 0.3) is 0 Å². The quantitative estimate of drug-likeness (QED) is 0.659. The Hall–Kier alpha value is -2.61. The maximum atomic E-state index is 12.6. The predicted octanol–water partition coefficient (Wildman–Crippen LogP) is 3.93. The Morgan fingerprint density at radius 2 is 1.81 bits per heavy atom. The van der Waals surface area contributed by atoms with Gasteiger partial charge in [0.05, 0.1) is 0 Å². The summed E-state index contributed by atoms with van der Waals surface area (Å²) in [5.74, 6) is 0.201. The second-order valence-electron chi connectivity index (χ2n) is 6.39. The van der Waals surface area contributed by atoms with E-state index in [1.54, 1.807) is 12.1 Å². The number of halogens is 1. The molecule has 1 aliphatic heterocycles. The number of aromatic nitrogens is 2. The molecule has 0 spiro atoms. The van der Waals surface area contributed by atoms with E-state index in [0.29, 0.717) is 16.6 Å². The molecule has 0 saturated carbocycles. The number of piperidine rings is 1. The summed E-state index contributed by atoms with van der Waals surface area (Å²) in [5.41, 5.74) is 0.852. The van der Waals surface area contributed by atoms with Gasteiger partial charge in [0.2, 0.25) is 5.89 Å². The molecule has 3 aromatic rings. The number of furan rings is 1. The van der Waals surface area contributed by atoms with Crippen LogP contribution in [0.5, 0.6) is 0 Å². The van der Waals surface area contributed by atoms with Gasteiger partial charge in [-0.1, -0.05) is 35.4 Å². The van der Waals surface area contributed by atoms with Crippen molar-refractivity contribution in [3.8, 4) is 0 Å². The second kappa shape index (κ2) is 7.96. The molecule has 1 aromatic carbocycles. The molecular formula is C19H19BrN4O3. The van der Waals surface area contributed by atoms with E-state index in [4.69, 9.17) is 8.83 Å². The smallest absolute Gasteiger partial charge is 0.318 e. The van der Waals surface area contributed by atoms with Crippen LogP contribution in [-0.2, 0) is 0 Å². The first-order valence-corrected chi connectivity index (χ1v) is 9.69. The number of benzene rings is 1. The zero-order valence-corrected chi connectivity index (χ0v) is 16.2. The van der Waals surface area contributed by atoms with E-state index in [1.807, 2.05) is 30.3 Å². The molecule has 1 unspecified atom stereocenters. The van der Waals surface area contributed by atoms with Gasteiger partial charge in [-0.25, -0.2) is 0 Å². The molecule has 1 saturated heterocycles. The summed E-state index contributed by atoms with van der Waals surface area (Å²) in [6.07, 6.45) is 3.45. The first kappa shape index (κ1) is 17.8. The van der Waals surface area contributed by atoms with Crippen LogP contribution < -0.4 is 10.2 Å². The molecule has 3 heterocycles. The van der Waals surface area contributed by atoms with Gasteiger partial charge >= 0.3 is 6.01 Å². The Labute approximate surface area is 164 Å². The van der Waals surface area contributed by atoms with Crippen molar-refractivity contribution < 1.29 is 13.6 Å². The van der Waals surface area contributed by atoms with Gasteiger partial charge in [-0.15, -0.1) is 5.10 Å². The Morgan fingerprint density at radius 1 is 1.04 bits per heavy atom. The number of hydrogen-bond donors (Lipinski definition) is 1. The van der Waals surface area contributed by atoms with Gasteiger partial charge in [0.25, 0.3) is 5.91 Å². The maximum absolute atomic E-state index is 12.6. The molecule has 2 aromatic heterocycles. The Kier molecular flexibility index (Phi) is 5.24. The van der Waals surface area contributed by atoms with Crippen molar-refractivity contribution in [3.05, 3.63) is 64.3 Å². The van der Waals surface area contributed by atoms with E-state index < -0.39 is 6.04 Å². The number of amides is 1. The van der Waals surface area contributed by atoms with Crippen LogP contribution in [-0.4, -0.2) is 29.2 Å². The van der Waals surface area contributed by atoms with Gasteiger partial charge < -0.3 is 19.1 Å². The van der Waals surface area contributed by atoms with Gasteiger partial charge in [0.1, 0.15) is 6.04 Å². The van der Waals surface area contributed by atoms with Gasteiger partial charge in [0, 0.05) is 13.1 Å². The molecule has 0 aliphatic carbocycles. The van der Waals surface area contributed by atoms with E-state index in [-0.39, 0.29) is 11.7 Å². The molecule has 0 bridgehead atoms. The highest BCUT2D eigenvalue weighted by atomic mass is 79.9. The summed E-state index contributed by atoms with van der Waals surface area (Å²) in [7, 11) is 0. The van der Waals surface area contributed by atoms with E-state index in [9.17, 15) is 4.79 Å². The van der Waals surface area contributed by atoms with Crippen LogP contribution in [0.15, 0.2) is 56.0 Å². The average molecular weight is 431 g/mol. The Balaban J connectivity index is 1.60. The highest BCUT2D eigenvalue weighted by Crippen LogP contribution is 2.26. The van der Waals surface area contributed by atoms with Crippen LogP contribution >= 0.6 is 15.9 Å². The summed E-state index contributed by atoms with van der Waals surface area (Å²) in [6.45, 7) is 1.81. The minimum Gasteiger partial charge on any atom is -0.444 e. The number of carbonyl (C=O) groups excluding carboxylic acids is 1. The summed E-state index contributed by atoms with van der Waals surface area (Å²) in [5, 5.41) is 11.3. The Morgan fingerprint density at radius 3 is 2.52 bits per heavy atom. The standard InChI is InChI=1S/C19H19BrN4O3/c20-15-10-9-14(26-15)17(25)21-16(13-7-3-1-4-8-13)18-22-23-19(27-18)24-11-5-2-6-12-24/h1,3-4,7-10,16H,2,5-6,11-12H2,(H,21,25). The van der Waals surface area contributed by atoms with Gasteiger partial charge in [-0.3, -0.25) is 4.79 Å². The minimum absolute atomic E-state index is 0.207. The fourth-order valence-electron chi connectivity index (χ4n) is 3.13. The lowest BCUT2D eigenvalue weighted by Gasteiger charge is -2.24. The van der Waals surface area contributed by atoms with E-state index >= 15 is 0 Å². The lowest BCUT2D eigenvalue weighted by molar-refractivity contribution is 0.0908. The van der Waals surface area contributed by atoms with Crippen LogP contribution in [0.4, 0.5) is 6.01 Å². The first-order chi connectivity index (χ1) is 13.2. The van der Waals surface area contributed by atoms with Crippen molar-refractivity contribution in [1.29, 1.82) is 0 Å². The molecule has 7 nitrogen and oxygen atoms in total. The molecule has 1 fully saturated rings. The van der Waals surface area contributed by atoms with Crippen LogP contribution in [0.2, 0.25) is 0 Å². The third-order valence-corrected chi connectivity index (χ3v) is 4.94. The van der Waals surface area contributed by atoms with Crippen molar-refractivity contribution >= 4 is 27.9 Å². The Bertz CT molecular complexity index is 903. The maximum Gasteiger partial charge on any atom is 0.318 e. The normalized spacial score (nSPS) is 15.5. The molecule has 1 aliphatic rings. The van der Waals surface area contributed by atoms with Crippen molar-refractivity contribution in [2.45, 2.75) is 25.3 Å². The molecule has 27 heavy (non-hydrogen) atoms. The van der Waals surface area contributed by atoms with Crippen molar-refractivity contribution in [2.24, 2.45) is 0 Å². The lowest BCUT2D eigenvalue weighted by Crippen LogP contribution is -2.30. The second-order valence-corrected chi connectivity index (χ2v) is 7.17. The number of rotatable bonds is 5. The highest BCUT2D eigenvalue weighted by molar-refractivity contribution is 9.10. The van der Waals surface area contributed by atoms with Crippen molar-refractivity contribution in [1.82, 2.24) is 15.5 Å². The summed E-state index contributed by atoms with van der Waals surface area (Å²) in [4.78, 5) is 14.7. The number of nitrogens with zero attached hydrogens (tertiary/aromatic N) is 3. The summed E-state index contributed by atoms with van der Waals surface area (Å²) >= 11 is 3.21. The van der Waals surface area contributed by atoms with Crippen molar-refractivity contribution in [2.75, 3.05) is 18.0 Å². The molecule has 1 amide bonds. The van der Waals surface area contributed by atoms with Gasteiger partial charge in [-0.05, 0) is 52.9 Å². The molecule has 8 heteroatoms. The lowest BCUT2D eigenvalue weighted by atomic mass is 10.1. The fourth-order valence-corrected chi connectivity index (χ4v) is 3.43. The third kappa shape index (κ3) is 4.05. The fraction of sp³-hybridized carbons (Fsp3) is 0.316. The summed E-state index contributed by atoms with van der Waals surface area (Å²) in [6, 6.07) is 12.8. The van der Waals surface area contributed by atoms with Crippen LogP contribution in [0, 0.1) is 0 Å². The third-order valence-electron chi connectivity index (χ3n) is 4.51. The van der Waals surface area contributed by atoms with Gasteiger partial charge in [0.15, 0.2) is 10.4 Å². The summed E-state index contributed by atoms with van der Waals surface area (Å²) < 4.78 is 11.8. The zero-order chi connectivity index (χ0) is 18.6. The molecule has 0 radical (unpaired) electrons. The molecule has 1 atom stereocenters. The number of carbonyl (C=O) groups is 1. The first-order valence-electron chi connectivity index (χ1n) is 8.90. The molecule has 1 N–H and O–H groups in total. The predicted molar refractivity (Wildman–Crippen MR) is 103 cm³/mol. The largest absolute Gasteiger partial charge is 0.444 e. The topological polar surface area (TPSA) is 84.4 Å². The number of hydrogen-bond acceptors (Lipinski definition) is 6. The van der Waals surface area contributed by atoms with E-state index in [0.717, 1.165) is 31.5 Å². The van der Waals surface area contributed by atoms with Gasteiger partial charge in [-0.2, -0.15) is 0 Å². The zero-order valence-electron chi connectivity index (χ0n) is 14.6. The van der Waals surface area contributed by atoms with E-state index in [2.05, 4.69) is 36.3 Å². The average Bonchev–Trinajstić information content (AvgIpc) is 3.37. The van der Waals surface area contributed by atoms with Crippen LogP contribution in [0.3, 0.4) is 0 Å². The molecule has 140 valence electrons. The van der Waals surface area contributed by atoms with Crippen LogP contribution in [0.1, 0.15) is 47.3 Å². The van der Waals surface area contributed by atoms with Crippen molar-refractivity contribution in [3.63, 3.8) is 0 Å². The SMILES string of the molecule is O=C(NC(c1ccccc1)c1nnc(N2CCCCC2)o1)c1ccc(Br)o1. The molecule has 4 rings (SSSR count).